The lowest BCUT2D eigenvalue weighted by Crippen LogP contribution is -2.06. The molecule has 0 spiro atoms. The Kier molecular flexibility index (Phi) is 5.11. The van der Waals surface area contributed by atoms with Crippen molar-refractivity contribution in [1.29, 1.82) is 0 Å². The number of hydrogen-bond acceptors (Lipinski definition) is 7. The molecule has 27 heavy (non-hydrogen) atoms. The molecular formula is C18H14FN3O5. The third kappa shape index (κ3) is 3.92. The summed E-state index contributed by atoms with van der Waals surface area (Å²) in [6, 6.07) is 9.85. The Labute approximate surface area is 153 Å². The zero-order valence-electron chi connectivity index (χ0n) is 14.3. The summed E-state index contributed by atoms with van der Waals surface area (Å²) in [6.45, 7) is 0. The van der Waals surface area contributed by atoms with Crippen molar-refractivity contribution in [2.24, 2.45) is 0 Å². The maximum atomic E-state index is 13.6. The van der Waals surface area contributed by atoms with Crippen molar-refractivity contribution in [3.05, 3.63) is 53.8 Å². The van der Waals surface area contributed by atoms with Crippen LogP contribution in [0.5, 0.6) is 23.8 Å². The Hall–Kier alpha value is -3.75. The van der Waals surface area contributed by atoms with E-state index in [0.717, 1.165) is 0 Å². The average Bonchev–Trinajstić information content (AvgIpc) is 2.67. The summed E-state index contributed by atoms with van der Waals surface area (Å²) in [5.74, 6) is -1.76. The Morgan fingerprint density at radius 2 is 1.59 bits per heavy atom. The maximum Gasteiger partial charge on any atom is 0.340 e. The predicted molar refractivity (Wildman–Crippen MR) is 91.8 cm³/mol. The van der Waals surface area contributed by atoms with E-state index >= 15 is 0 Å². The van der Waals surface area contributed by atoms with Crippen LogP contribution in [0.2, 0.25) is 0 Å². The molecule has 0 aliphatic heterocycles. The van der Waals surface area contributed by atoms with Crippen molar-refractivity contribution >= 4 is 5.97 Å². The SMILES string of the molecule is COc1nc(OC)nc(Oc2cccc(-c3cccc(F)c3)c2C(=O)O)n1. The fourth-order valence-corrected chi connectivity index (χ4v) is 2.38. The zero-order valence-corrected chi connectivity index (χ0v) is 14.3. The lowest BCUT2D eigenvalue weighted by atomic mass is 9.99. The number of benzene rings is 2. The van der Waals surface area contributed by atoms with Crippen molar-refractivity contribution < 1.29 is 28.5 Å². The fourth-order valence-electron chi connectivity index (χ4n) is 2.38. The van der Waals surface area contributed by atoms with Crippen molar-refractivity contribution in [2.45, 2.75) is 0 Å². The third-order valence-corrected chi connectivity index (χ3v) is 3.52. The molecule has 1 aromatic heterocycles. The number of aromatic carboxylic acids is 1. The predicted octanol–water partition coefficient (Wildman–Crippen LogP) is 3.19. The summed E-state index contributed by atoms with van der Waals surface area (Å²) in [6.07, 6.45) is 0. The van der Waals surface area contributed by atoms with E-state index in [1.165, 1.54) is 38.5 Å². The normalized spacial score (nSPS) is 10.3. The summed E-state index contributed by atoms with van der Waals surface area (Å²) < 4.78 is 29.0. The molecule has 9 heteroatoms. The summed E-state index contributed by atoms with van der Waals surface area (Å²) in [7, 11) is 2.71. The molecule has 1 heterocycles. The summed E-state index contributed by atoms with van der Waals surface area (Å²) in [5, 5.41) is 9.68. The quantitative estimate of drug-likeness (QED) is 0.705. The third-order valence-electron chi connectivity index (χ3n) is 3.52. The van der Waals surface area contributed by atoms with Crippen LogP contribution in [-0.4, -0.2) is 40.2 Å². The monoisotopic (exact) mass is 371 g/mol. The minimum Gasteiger partial charge on any atom is -0.478 e. The Bertz CT molecular complexity index is 974. The van der Waals surface area contributed by atoms with Gasteiger partial charge in [-0.1, -0.05) is 24.3 Å². The number of carboxylic acid groups (broad SMARTS) is 1. The lowest BCUT2D eigenvalue weighted by molar-refractivity contribution is 0.0695. The number of hydrogen-bond donors (Lipinski definition) is 1. The van der Waals surface area contributed by atoms with Crippen LogP contribution in [0.3, 0.4) is 0 Å². The van der Waals surface area contributed by atoms with E-state index < -0.39 is 11.8 Å². The number of carbonyl (C=O) groups is 1. The van der Waals surface area contributed by atoms with Gasteiger partial charge in [-0.15, -0.1) is 15.0 Å². The molecule has 3 aromatic rings. The van der Waals surface area contributed by atoms with Gasteiger partial charge in [-0.3, -0.25) is 0 Å². The molecule has 0 aliphatic carbocycles. The first-order valence-electron chi connectivity index (χ1n) is 7.66. The number of ether oxygens (including phenoxy) is 3. The topological polar surface area (TPSA) is 104 Å². The van der Waals surface area contributed by atoms with E-state index in [0.29, 0.717) is 5.56 Å². The zero-order chi connectivity index (χ0) is 19.4. The molecule has 0 saturated carbocycles. The van der Waals surface area contributed by atoms with E-state index in [9.17, 15) is 14.3 Å². The van der Waals surface area contributed by atoms with Gasteiger partial charge in [0.25, 0.3) is 0 Å². The van der Waals surface area contributed by atoms with Gasteiger partial charge >= 0.3 is 24.0 Å². The number of carboxylic acids is 1. The van der Waals surface area contributed by atoms with Gasteiger partial charge in [-0.05, 0) is 23.8 Å². The van der Waals surface area contributed by atoms with Crippen LogP contribution in [0.1, 0.15) is 10.4 Å². The molecule has 0 amide bonds. The molecule has 0 aliphatic rings. The van der Waals surface area contributed by atoms with Crippen LogP contribution in [0, 0.1) is 5.82 Å². The molecule has 0 saturated heterocycles. The van der Waals surface area contributed by atoms with Crippen LogP contribution in [0.4, 0.5) is 4.39 Å². The summed E-state index contributed by atoms with van der Waals surface area (Å²) in [4.78, 5) is 23.5. The van der Waals surface area contributed by atoms with Crippen LogP contribution in [0.25, 0.3) is 11.1 Å². The Morgan fingerprint density at radius 1 is 0.963 bits per heavy atom. The van der Waals surface area contributed by atoms with Gasteiger partial charge in [0.1, 0.15) is 17.1 Å². The number of nitrogens with zero attached hydrogens (tertiary/aromatic N) is 3. The molecule has 0 atom stereocenters. The molecule has 8 nitrogen and oxygen atoms in total. The van der Waals surface area contributed by atoms with Crippen molar-refractivity contribution in [3.8, 4) is 34.9 Å². The molecule has 138 valence electrons. The van der Waals surface area contributed by atoms with E-state index in [2.05, 4.69) is 15.0 Å². The van der Waals surface area contributed by atoms with E-state index in [4.69, 9.17) is 14.2 Å². The van der Waals surface area contributed by atoms with Crippen LogP contribution in [-0.2, 0) is 0 Å². The van der Waals surface area contributed by atoms with E-state index in [1.807, 2.05) is 0 Å². The average molecular weight is 371 g/mol. The number of methoxy groups -OCH3 is 2. The second-order valence-corrected chi connectivity index (χ2v) is 5.19. The highest BCUT2D eigenvalue weighted by Crippen LogP contribution is 2.33. The standard InChI is InChI=1S/C18H14FN3O5/c1-25-16-20-17(26-2)22-18(21-16)27-13-8-4-7-12(14(13)15(23)24)10-5-3-6-11(19)9-10/h3-9H,1-2H3,(H,23,24). The van der Waals surface area contributed by atoms with Gasteiger partial charge in [0.15, 0.2) is 0 Å². The molecule has 1 N–H and O–H groups in total. The maximum absolute atomic E-state index is 13.6. The van der Waals surface area contributed by atoms with Crippen LogP contribution in [0.15, 0.2) is 42.5 Å². The molecule has 0 radical (unpaired) electrons. The first-order valence-corrected chi connectivity index (χ1v) is 7.66. The van der Waals surface area contributed by atoms with Gasteiger partial charge in [0.2, 0.25) is 0 Å². The number of rotatable bonds is 6. The highest BCUT2D eigenvalue weighted by molar-refractivity contribution is 5.99. The van der Waals surface area contributed by atoms with Crippen molar-refractivity contribution in [2.75, 3.05) is 14.2 Å². The summed E-state index contributed by atoms with van der Waals surface area (Å²) >= 11 is 0. The van der Waals surface area contributed by atoms with Gasteiger partial charge in [0, 0.05) is 5.56 Å². The Morgan fingerprint density at radius 3 is 2.19 bits per heavy atom. The smallest absolute Gasteiger partial charge is 0.340 e. The largest absolute Gasteiger partial charge is 0.478 e. The first-order chi connectivity index (χ1) is 13.0. The summed E-state index contributed by atoms with van der Waals surface area (Å²) in [5.41, 5.74) is 0.512. The van der Waals surface area contributed by atoms with Crippen LogP contribution < -0.4 is 14.2 Å². The molecule has 2 aromatic carbocycles. The molecule has 0 unspecified atom stereocenters. The number of halogens is 1. The molecule has 0 bridgehead atoms. The van der Waals surface area contributed by atoms with Gasteiger partial charge in [0.05, 0.1) is 14.2 Å². The van der Waals surface area contributed by atoms with Gasteiger partial charge in [-0.25, -0.2) is 9.18 Å². The lowest BCUT2D eigenvalue weighted by Gasteiger charge is -2.12. The number of aromatic nitrogens is 3. The minimum atomic E-state index is -1.25. The van der Waals surface area contributed by atoms with Crippen LogP contribution >= 0.6 is 0 Å². The molecule has 3 rings (SSSR count). The Balaban J connectivity index is 2.09. The fraction of sp³-hybridized carbons (Fsp3) is 0.111. The van der Waals surface area contributed by atoms with E-state index in [-0.39, 0.29) is 34.9 Å². The highest BCUT2D eigenvalue weighted by Gasteiger charge is 2.20. The van der Waals surface area contributed by atoms with Crippen molar-refractivity contribution in [3.63, 3.8) is 0 Å². The highest BCUT2D eigenvalue weighted by atomic mass is 19.1. The molecule has 0 fully saturated rings. The first kappa shape index (κ1) is 18.1. The minimum absolute atomic E-state index is 0.0282. The molecular weight excluding hydrogens is 357 g/mol. The second kappa shape index (κ2) is 7.65. The van der Waals surface area contributed by atoms with E-state index in [1.54, 1.807) is 18.2 Å². The van der Waals surface area contributed by atoms with Crippen molar-refractivity contribution in [1.82, 2.24) is 15.0 Å². The van der Waals surface area contributed by atoms with Gasteiger partial charge < -0.3 is 19.3 Å². The van der Waals surface area contributed by atoms with Gasteiger partial charge in [-0.2, -0.15) is 0 Å². The second-order valence-electron chi connectivity index (χ2n) is 5.19.